The molecule has 0 saturated carbocycles. The van der Waals surface area contributed by atoms with E-state index in [0.29, 0.717) is 5.17 Å². The zero-order valence-electron chi connectivity index (χ0n) is 16.8. The maximum absolute atomic E-state index is 12.3. The standard InChI is InChI=1S/C19H25N3O5S2/c1-12-6-5-7-13(8-12)22-14-10-29(25,26)11-15(14)28-17(22)21-16(23)9-20-18(24)27-19(2,3)4/h5-8,14-15H,9-11H2,1-4H3,(H,20,24)/t14-,15+/m1/s1. The Hall–Kier alpha value is -2.07. The molecule has 0 spiro atoms. The molecule has 2 amide bonds. The normalized spacial score (nSPS) is 24.4. The van der Waals surface area contributed by atoms with Crippen LogP contribution in [0.3, 0.4) is 0 Å². The lowest BCUT2D eigenvalue weighted by molar-refractivity contribution is -0.117. The molecule has 158 valence electrons. The monoisotopic (exact) mass is 439 g/mol. The Kier molecular flexibility index (Phi) is 5.96. The highest BCUT2D eigenvalue weighted by atomic mass is 32.2. The third-order valence-corrected chi connectivity index (χ3v) is 7.56. The summed E-state index contributed by atoms with van der Waals surface area (Å²) >= 11 is 1.30. The number of benzene rings is 1. The number of sulfone groups is 1. The number of fused-ring (bicyclic) bond motifs is 1. The van der Waals surface area contributed by atoms with Crippen molar-refractivity contribution < 1.29 is 22.7 Å². The van der Waals surface area contributed by atoms with Crippen molar-refractivity contribution in [3.05, 3.63) is 29.8 Å². The predicted octanol–water partition coefficient (Wildman–Crippen LogP) is 2.12. The number of amides is 2. The smallest absolute Gasteiger partial charge is 0.408 e. The first kappa shape index (κ1) is 21.6. The Labute approximate surface area is 175 Å². The lowest BCUT2D eigenvalue weighted by atomic mass is 10.1. The van der Waals surface area contributed by atoms with E-state index in [1.807, 2.05) is 36.1 Å². The number of alkyl carbamates (subject to hydrolysis) is 1. The number of amidine groups is 1. The Morgan fingerprint density at radius 3 is 2.69 bits per heavy atom. The molecule has 0 aliphatic carbocycles. The highest BCUT2D eigenvalue weighted by Gasteiger charge is 2.49. The molecule has 2 atom stereocenters. The van der Waals surface area contributed by atoms with Gasteiger partial charge in [-0.1, -0.05) is 23.9 Å². The fraction of sp³-hybridized carbons (Fsp3) is 0.526. The van der Waals surface area contributed by atoms with E-state index in [4.69, 9.17) is 4.74 Å². The van der Waals surface area contributed by atoms with Crippen molar-refractivity contribution in [1.29, 1.82) is 0 Å². The summed E-state index contributed by atoms with van der Waals surface area (Å²) in [6, 6.07) is 7.38. The molecule has 1 aromatic rings. The third-order valence-electron chi connectivity index (χ3n) is 4.35. The molecule has 8 nitrogen and oxygen atoms in total. The van der Waals surface area contributed by atoms with E-state index < -0.39 is 27.4 Å². The van der Waals surface area contributed by atoms with E-state index in [0.717, 1.165) is 11.3 Å². The number of aryl methyl sites for hydroxylation is 1. The molecule has 0 bridgehead atoms. The van der Waals surface area contributed by atoms with E-state index >= 15 is 0 Å². The number of rotatable bonds is 3. The predicted molar refractivity (Wildman–Crippen MR) is 114 cm³/mol. The molecule has 2 heterocycles. The molecule has 1 N–H and O–H groups in total. The van der Waals surface area contributed by atoms with Gasteiger partial charge in [-0.25, -0.2) is 13.2 Å². The summed E-state index contributed by atoms with van der Waals surface area (Å²) in [5.74, 6) is -0.436. The minimum Gasteiger partial charge on any atom is -0.444 e. The molecule has 2 aliphatic heterocycles. The first-order chi connectivity index (χ1) is 13.4. The molecule has 2 fully saturated rings. The summed E-state index contributed by atoms with van der Waals surface area (Å²) in [7, 11) is -3.12. The SMILES string of the molecule is Cc1cccc(N2C(=NC(=O)CNC(=O)OC(C)(C)C)S[C@H]3CS(=O)(=O)C[C@H]32)c1. The van der Waals surface area contributed by atoms with Crippen molar-refractivity contribution in [3.8, 4) is 0 Å². The number of hydrogen-bond acceptors (Lipinski definition) is 6. The number of carbonyl (C=O) groups is 2. The van der Waals surface area contributed by atoms with Crippen molar-refractivity contribution >= 4 is 44.5 Å². The zero-order valence-corrected chi connectivity index (χ0v) is 18.5. The molecule has 29 heavy (non-hydrogen) atoms. The molecular formula is C19H25N3O5S2. The maximum atomic E-state index is 12.3. The van der Waals surface area contributed by atoms with Crippen LogP contribution in [0.25, 0.3) is 0 Å². The molecule has 3 rings (SSSR count). The summed E-state index contributed by atoms with van der Waals surface area (Å²) < 4.78 is 29.3. The van der Waals surface area contributed by atoms with Crippen LogP contribution in [-0.4, -0.2) is 60.5 Å². The summed E-state index contributed by atoms with van der Waals surface area (Å²) in [5.41, 5.74) is 1.16. The zero-order chi connectivity index (χ0) is 21.4. The minimum atomic E-state index is -3.12. The Morgan fingerprint density at radius 1 is 1.31 bits per heavy atom. The molecule has 0 radical (unpaired) electrons. The van der Waals surface area contributed by atoms with Crippen LogP contribution in [0, 0.1) is 6.92 Å². The fourth-order valence-corrected chi connectivity index (χ4v) is 7.18. The quantitative estimate of drug-likeness (QED) is 0.769. The van der Waals surface area contributed by atoms with Gasteiger partial charge in [0.1, 0.15) is 12.1 Å². The van der Waals surface area contributed by atoms with Crippen molar-refractivity contribution in [1.82, 2.24) is 5.32 Å². The number of carbonyl (C=O) groups excluding carboxylic acids is 2. The second-order valence-electron chi connectivity index (χ2n) is 8.15. The number of hydrogen-bond donors (Lipinski definition) is 1. The van der Waals surface area contributed by atoms with Gasteiger partial charge in [0.05, 0.1) is 17.5 Å². The Bertz CT molecular complexity index is 953. The van der Waals surface area contributed by atoms with Crippen LogP contribution < -0.4 is 10.2 Å². The van der Waals surface area contributed by atoms with Crippen LogP contribution in [0.15, 0.2) is 29.3 Å². The first-order valence-corrected chi connectivity index (χ1v) is 11.9. The summed E-state index contributed by atoms with van der Waals surface area (Å²) in [6.45, 7) is 6.85. The summed E-state index contributed by atoms with van der Waals surface area (Å²) in [6.07, 6.45) is -0.691. The molecule has 2 saturated heterocycles. The van der Waals surface area contributed by atoms with Crippen LogP contribution >= 0.6 is 11.8 Å². The topological polar surface area (TPSA) is 105 Å². The number of anilines is 1. The number of ether oxygens (including phenoxy) is 1. The number of nitrogens with zero attached hydrogens (tertiary/aromatic N) is 2. The number of aliphatic imine (C=N–C) groups is 1. The van der Waals surface area contributed by atoms with Gasteiger partial charge >= 0.3 is 6.09 Å². The number of thioether (sulfide) groups is 1. The highest BCUT2D eigenvalue weighted by molar-refractivity contribution is 8.16. The number of nitrogens with one attached hydrogen (secondary N) is 1. The van der Waals surface area contributed by atoms with Crippen LogP contribution in [0.2, 0.25) is 0 Å². The van der Waals surface area contributed by atoms with Crippen LogP contribution in [-0.2, 0) is 19.4 Å². The second kappa shape index (κ2) is 7.98. The van der Waals surface area contributed by atoms with Gasteiger partial charge in [-0.3, -0.25) is 4.79 Å². The van der Waals surface area contributed by atoms with Gasteiger partial charge in [0.2, 0.25) is 0 Å². The molecular weight excluding hydrogens is 414 g/mol. The molecule has 1 aromatic carbocycles. The van der Waals surface area contributed by atoms with E-state index in [2.05, 4.69) is 10.3 Å². The largest absolute Gasteiger partial charge is 0.444 e. The Balaban J connectivity index is 1.78. The summed E-state index contributed by atoms with van der Waals surface area (Å²) in [4.78, 5) is 30.1. The minimum absolute atomic E-state index is 0.0297. The van der Waals surface area contributed by atoms with Crippen molar-refractivity contribution in [3.63, 3.8) is 0 Å². The van der Waals surface area contributed by atoms with E-state index in [-0.39, 0.29) is 29.3 Å². The Morgan fingerprint density at radius 2 is 2.03 bits per heavy atom. The molecule has 0 unspecified atom stereocenters. The van der Waals surface area contributed by atoms with Gasteiger partial charge in [0.25, 0.3) is 5.91 Å². The average Bonchev–Trinajstić information content (AvgIpc) is 3.02. The summed E-state index contributed by atoms with van der Waals surface area (Å²) in [5, 5.41) is 2.68. The lowest BCUT2D eigenvalue weighted by Crippen LogP contribution is -2.38. The molecule has 10 heteroatoms. The van der Waals surface area contributed by atoms with Crippen molar-refractivity contribution in [2.75, 3.05) is 23.0 Å². The van der Waals surface area contributed by atoms with Gasteiger partial charge in [-0.05, 0) is 45.4 Å². The first-order valence-electron chi connectivity index (χ1n) is 9.25. The van der Waals surface area contributed by atoms with Gasteiger partial charge in [0, 0.05) is 10.9 Å². The van der Waals surface area contributed by atoms with Gasteiger partial charge in [0.15, 0.2) is 15.0 Å². The van der Waals surface area contributed by atoms with Crippen LogP contribution in [0.5, 0.6) is 0 Å². The second-order valence-corrected chi connectivity index (χ2v) is 11.5. The molecule has 2 aliphatic rings. The highest BCUT2D eigenvalue weighted by Crippen LogP contribution is 2.41. The van der Waals surface area contributed by atoms with Crippen LogP contribution in [0.1, 0.15) is 26.3 Å². The molecule has 0 aromatic heterocycles. The van der Waals surface area contributed by atoms with Crippen molar-refractivity contribution in [2.24, 2.45) is 4.99 Å². The van der Waals surface area contributed by atoms with E-state index in [1.54, 1.807) is 20.8 Å². The van der Waals surface area contributed by atoms with Gasteiger partial charge in [-0.15, -0.1) is 0 Å². The third kappa shape index (κ3) is 5.51. The van der Waals surface area contributed by atoms with Gasteiger partial charge in [-0.2, -0.15) is 4.99 Å². The average molecular weight is 440 g/mol. The fourth-order valence-electron chi connectivity index (χ4n) is 3.25. The maximum Gasteiger partial charge on any atom is 0.408 e. The van der Waals surface area contributed by atoms with E-state index in [1.165, 1.54) is 11.8 Å². The van der Waals surface area contributed by atoms with Crippen molar-refractivity contribution in [2.45, 2.75) is 44.6 Å². The van der Waals surface area contributed by atoms with Gasteiger partial charge < -0.3 is 15.0 Å². The lowest BCUT2D eigenvalue weighted by Gasteiger charge is -2.24. The van der Waals surface area contributed by atoms with E-state index in [9.17, 15) is 18.0 Å². The van der Waals surface area contributed by atoms with Crippen LogP contribution in [0.4, 0.5) is 10.5 Å².